The molecule has 0 heterocycles. The van der Waals surface area contributed by atoms with Gasteiger partial charge in [-0.25, -0.2) is 0 Å². The van der Waals surface area contributed by atoms with Crippen molar-refractivity contribution >= 4 is 8.07 Å². The van der Waals surface area contributed by atoms with Crippen LogP contribution in [0.15, 0.2) is 0 Å². The fourth-order valence-electron chi connectivity index (χ4n) is 2.20. The van der Waals surface area contributed by atoms with Crippen LogP contribution in [-0.4, -0.2) is 18.8 Å². The Balaban J connectivity index is 2.58. The van der Waals surface area contributed by atoms with Gasteiger partial charge >= 0.3 is 0 Å². The van der Waals surface area contributed by atoms with Crippen LogP contribution in [0.25, 0.3) is 0 Å². The van der Waals surface area contributed by atoms with Crippen molar-refractivity contribution in [3.05, 3.63) is 0 Å². The van der Waals surface area contributed by atoms with E-state index in [0.717, 1.165) is 18.4 Å². The van der Waals surface area contributed by atoms with Crippen molar-refractivity contribution in [2.45, 2.75) is 63.4 Å². The SMILES string of the molecule is C[C@]1(O)CCC[C@H]([Si](C)(C)C)C1. The van der Waals surface area contributed by atoms with Crippen LogP contribution in [0.2, 0.25) is 25.2 Å². The molecular weight excluding hydrogens is 164 g/mol. The van der Waals surface area contributed by atoms with Crippen LogP contribution in [0.5, 0.6) is 0 Å². The quantitative estimate of drug-likeness (QED) is 0.624. The number of aliphatic hydroxyl groups is 1. The second kappa shape index (κ2) is 3.15. The molecule has 1 fully saturated rings. The minimum Gasteiger partial charge on any atom is -0.390 e. The van der Waals surface area contributed by atoms with Crippen LogP contribution in [-0.2, 0) is 0 Å². The first-order valence-corrected chi connectivity index (χ1v) is 8.61. The summed E-state index contributed by atoms with van der Waals surface area (Å²) >= 11 is 0. The molecule has 0 bridgehead atoms. The topological polar surface area (TPSA) is 20.2 Å². The van der Waals surface area contributed by atoms with Gasteiger partial charge in [0.05, 0.1) is 5.60 Å². The van der Waals surface area contributed by atoms with Gasteiger partial charge in [0.1, 0.15) is 0 Å². The smallest absolute Gasteiger partial charge is 0.0619 e. The molecule has 0 aromatic heterocycles. The molecule has 0 saturated heterocycles. The molecule has 1 N–H and O–H groups in total. The Hall–Kier alpha value is 0.177. The highest BCUT2D eigenvalue weighted by Gasteiger charge is 2.36. The van der Waals surface area contributed by atoms with Crippen LogP contribution in [0.1, 0.15) is 32.6 Å². The van der Waals surface area contributed by atoms with Gasteiger partial charge in [0.2, 0.25) is 0 Å². The maximum atomic E-state index is 9.93. The first-order valence-electron chi connectivity index (χ1n) is 5.04. The monoisotopic (exact) mass is 186 g/mol. The van der Waals surface area contributed by atoms with Crippen molar-refractivity contribution < 1.29 is 5.11 Å². The summed E-state index contributed by atoms with van der Waals surface area (Å²) in [4.78, 5) is 0. The summed E-state index contributed by atoms with van der Waals surface area (Å²) in [5.41, 5.74) is 0.477. The number of hydrogen-bond acceptors (Lipinski definition) is 1. The molecule has 0 aromatic rings. The molecule has 1 aliphatic carbocycles. The van der Waals surface area contributed by atoms with E-state index in [1.165, 1.54) is 12.8 Å². The molecule has 0 aliphatic heterocycles. The van der Waals surface area contributed by atoms with E-state index in [4.69, 9.17) is 0 Å². The minimum absolute atomic E-state index is 0.358. The van der Waals surface area contributed by atoms with Gasteiger partial charge < -0.3 is 5.11 Å². The summed E-state index contributed by atoms with van der Waals surface area (Å²) in [5, 5.41) is 9.93. The molecule has 1 aliphatic rings. The third kappa shape index (κ3) is 2.59. The van der Waals surface area contributed by atoms with E-state index in [9.17, 15) is 5.11 Å². The zero-order valence-corrected chi connectivity index (χ0v) is 9.85. The number of hydrogen-bond donors (Lipinski definition) is 1. The summed E-state index contributed by atoms with van der Waals surface area (Å²) in [6.45, 7) is 9.25. The molecule has 0 spiro atoms. The summed E-state index contributed by atoms with van der Waals surface area (Å²) in [7, 11) is -1.01. The Bertz CT molecular complexity index is 154. The fourth-order valence-corrected chi connectivity index (χ4v) is 4.33. The zero-order valence-electron chi connectivity index (χ0n) is 8.85. The Kier molecular flexibility index (Phi) is 2.69. The largest absolute Gasteiger partial charge is 0.390 e. The van der Waals surface area contributed by atoms with Gasteiger partial charge in [0.25, 0.3) is 0 Å². The maximum Gasteiger partial charge on any atom is 0.0619 e. The maximum absolute atomic E-state index is 9.93. The minimum atomic E-state index is -1.01. The molecule has 2 atom stereocenters. The predicted octanol–water partition coefficient (Wildman–Crippen LogP) is 3.02. The highest BCUT2D eigenvalue weighted by Crippen LogP contribution is 2.41. The molecule has 2 heteroatoms. The summed E-state index contributed by atoms with van der Waals surface area (Å²) in [6, 6.07) is 0. The molecule has 1 nitrogen and oxygen atoms in total. The van der Waals surface area contributed by atoms with Gasteiger partial charge in [-0.2, -0.15) is 0 Å². The number of rotatable bonds is 1. The predicted molar refractivity (Wildman–Crippen MR) is 56.2 cm³/mol. The lowest BCUT2D eigenvalue weighted by atomic mass is 9.86. The van der Waals surface area contributed by atoms with E-state index in [2.05, 4.69) is 19.6 Å². The first kappa shape index (κ1) is 10.3. The Labute approximate surface area is 77.2 Å². The van der Waals surface area contributed by atoms with Crippen molar-refractivity contribution in [3.8, 4) is 0 Å². The second-order valence-electron chi connectivity index (χ2n) is 5.66. The van der Waals surface area contributed by atoms with Crippen LogP contribution in [0.3, 0.4) is 0 Å². The summed E-state index contributed by atoms with van der Waals surface area (Å²) in [5.74, 6) is 0. The molecular formula is C10H22OSi. The third-order valence-corrected chi connectivity index (χ3v) is 6.12. The van der Waals surface area contributed by atoms with Gasteiger partial charge in [-0.15, -0.1) is 0 Å². The van der Waals surface area contributed by atoms with Gasteiger partial charge in [-0.3, -0.25) is 0 Å². The highest BCUT2D eigenvalue weighted by atomic mass is 28.3. The van der Waals surface area contributed by atoms with Gasteiger partial charge in [-0.05, 0) is 25.3 Å². The molecule has 0 aromatic carbocycles. The molecule has 12 heavy (non-hydrogen) atoms. The van der Waals surface area contributed by atoms with Crippen molar-refractivity contribution in [3.63, 3.8) is 0 Å². The van der Waals surface area contributed by atoms with E-state index < -0.39 is 8.07 Å². The van der Waals surface area contributed by atoms with Gasteiger partial charge in [0.15, 0.2) is 0 Å². The van der Waals surface area contributed by atoms with Gasteiger partial charge in [-0.1, -0.05) is 32.5 Å². The lowest BCUT2D eigenvalue weighted by Gasteiger charge is -2.39. The zero-order chi connectivity index (χ0) is 9.41. The summed E-state index contributed by atoms with van der Waals surface area (Å²) in [6.07, 6.45) is 4.63. The van der Waals surface area contributed by atoms with Crippen LogP contribution in [0.4, 0.5) is 0 Å². The van der Waals surface area contributed by atoms with E-state index in [1.807, 2.05) is 6.92 Å². The molecule has 0 unspecified atom stereocenters. The molecule has 1 rings (SSSR count). The lowest BCUT2D eigenvalue weighted by Crippen LogP contribution is -2.39. The van der Waals surface area contributed by atoms with E-state index in [0.29, 0.717) is 0 Å². The molecule has 0 amide bonds. The van der Waals surface area contributed by atoms with Crippen molar-refractivity contribution in [2.24, 2.45) is 0 Å². The normalized spacial score (nSPS) is 38.2. The molecule has 1 saturated carbocycles. The Morgan fingerprint density at radius 1 is 1.33 bits per heavy atom. The highest BCUT2D eigenvalue weighted by molar-refractivity contribution is 6.77. The van der Waals surface area contributed by atoms with Crippen molar-refractivity contribution in [1.82, 2.24) is 0 Å². The van der Waals surface area contributed by atoms with Gasteiger partial charge in [0, 0.05) is 8.07 Å². The van der Waals surface area contributed by atoms with Crippen molar-refractivity contribution in [1.29, 1.82) is 0 Å². The average Bonchev–Trinajstić information content (AvgIpc) is 1.83. The third-order valence-electron chi connectivity index (χ3n) is 3.18. The van der Waals surface area contributed by atoms with E-state index in [-0.39, 0.29) is 5.60 Å². The average molecular weight is 186 g/mol. The standard InChI is InChI=1S/C10H22OSi/c1-10(11)7-5-6-9(8-10)12(2,3)4/h9,11H,5-8H2,1-4H3/t9-,10-/m0/s1. The summed E-state index contributed by atoms with van der Waals surface area (Å²) < 4.78 is 0. The van der Waals surface area contributed by atoms with Crippen LogP contribution in [0, 0.1) is 0 Å². The van der Waals surface area contributed by atoms with Crippen molar-refractivity contribution in [2.75, 3.05) is 0 Å². The second-order valence-corrected chi connectivity index (χ2v) is 11.2. The molecule has 72 valence electrons. The van der Waals surface area contributed by atoms with E-state index in [1.54, 1.807) is 0 Å². The molecule has 0 radical (unpaired) electrons. The van der Waals surface area contributed by atoms with Crippen LogP contribution >= 0.6 is 0 Å². The van der Waals surface area contributed by atoms with E-state index >= 15 is 0 Å². The first-order chi connectivity index (χ1) is 5.31. The lowest BCUT2D eigenvalue weighted by molar-refractivity contribution is 0.0217. The Morgan fingerprint density at radius 2 is 1.92 bits per heavy atom. The fraction of sp³-hybridized carbons (Fsp3) is 1.00. The Morgan fingerprint density at radius 3 is 2.25 bits per heavy atom. The van der Waals surface area contributed by atoms with Crippen LogP contribution < -0.4 is 0 Å².